The Morgan fingerprint density at radius 2 is 2.00 bits per heavy atom. The lowest BCUT2D eigenvalue weighted by Gasteiger charge is -2.11. The number of unbranched alkanes of at least 4 members (excludes halogenated alkanes) is 1. The molecule has 0 saturated carbocycles. The maximum absolute atomic E-state index is 5.45. The normalized spacial score (nSPS) is 11.1. The number of hydrogen-bond acceptors (Lipinski definition) is 2. The van der Waals surface area contributed by atoms with Gasteiger partial charge in [0, 0.05) is 4.47 Å². The van der Waals surface area contributed by atoms with Crippen molar-refractivity contribution in [3.05, 3.63) is 27.7 Å². The molecule has 0 heterocycles. The summed E-state index contributed by atoms with van der Waals surface area (Å²) in [5.74, 6) is 1.74. The number of ether oxygens (including phenoxy) is 1. The zero-order valence-electron chi connectivity index (χ0n) is 12.6. The number of hydrogen-bond donors (Lipinski definition) is 1. The van der Waals surface area contributed by atoms with Crippen LogP contribution in [0, 0.1) is 12.8 Å². The van der Waals surface area contributed by atoms with Crippen LogP contribution in [0.4, 0.5) is 0 Å². The predicted octanol–water partition coefficient (Wildman–Crippen LogP) is 4.33. The summed E-state index contributed by atoms with van der Waals surface area (Å²) in [5, 5.41) is 3.48. The van der Waals surface area contributed by atoms with Gasteiger partial charge in [-0.2, -0.15) is 0 Å². The molecular weight excluding hydrogens is 302 g/mol. The largest absolute Gasteiger partial charge is 0.496 e. The smallest absolute Gasteiger partial charge is 0.122 e. The topological polar surface area (TPSA) is 21.3 Å². The van der Waals surface area contributed by atoms with Gasteiger partial charge in [-0.25, -0.2) is 0 Å². The van der Waals surface area contributed by atoms with Crippen molar-refractivity contribution in [2.75, 3.05) is 20.2 Å². The predicted molar refractivity (Wildman–Crippen MR) is 86.1 cm³/mol. The minimum atomic E-state index is 0.730. The Balaban J connectivity index is 2.38. The number of methoxy groups -OCH3 is 1. The molecule has 19 heavy (non-hydrogen) atoms. The highest BCUT2D eigenvalue weighted by Gasteiger charge is 2.06. The molecule has 0 atom stereocenters. The molecule has 0 aliphatic heterocycles. The Hall–Kier alpha value is -0.540. The van der Waals surface area contributed by atoms with Gasteiger partial charge in [-0.1, -0.05) is 29.8 Å². The number of nitrogens with one attached hydrogen (secondary N) is 1. The minimum absolute atomic E-state index is 0.730. The van der Waals surface area contributed by atoms with Gasteiger partial charge in [-0.05, 0) is 68.5 Å². The van der Waals surface area contributed by atoms with E-state index in [1.807, 2.05) is 0 Å². The molecule has 0 amide bonds. The fraction of sp³-hybridized carbons (Fsp3) is 0.625. The summed E-state index contributed by atoms with van der Waals surface area (Å²) in [6.07, 6.45) is 3.48. The van der Waals surface area contributed by atoms with E-state index < -0.39 is 0 Å². The molecule has 1 N–H and O–H groups in total. The maximum atomic E-state index is 5.45. The van der Waals surface area contributed by atoms with Crippen LogP contribution in [0.5, 0.6) is 5.75 Å². The highest BCUT2D eigenvalue weighted by atomic mass is 79.9. The van der Waals surface area contributed by atoms with Crippen LogP contribution < -0.4 is 10.1 Å². The van der Waals surface area contributed by atoms with Crippen LogP contribution in [0.15, 0.2) is 16.6 Å². The van der Waals surface area contributed by atoms with Crippen molar-refractivity contribution >= 4 is 15.9 Å². The van der Waals surface area contributed by atoms with Crippen molar-refractivity contribution in [2.45, 2.75) is 40.0 Å². The SMILES string of the molecule is COc1cc(C)c(Br)cc1CCCCNCC(C)C. The molecule has 2 nitrogen and oxygen atoms in total. The highest BCUT2D eigenvalue weighted by molar-refractivity contribution is 9.10. The van der Waals surface area contributed by atoms with Crippen molar-refractivity contribution in [1.82, 2.24) is 5.32 Å². The lowest BCUT2D eigenvalue weighted by Crippen LogP contribution is -2.20. The summed E-state index contributed by atoms with van der Waals surface area (Å²) in [4.78, 5) is 0. The number of halogens is 1. The number of aryl methyl sites for hydroxylation is 2. The van der Waals surface area contributed by atoms with Crippen LogP contribution in [-0.2, 0) is 6.42 Å². The van der Waals surface area contributed by atoms with Crippen LogP contribution >= 0.6 is 15.9 Å². The van der Waals surface area contributed by atoms with Gasteiger partial charge in [0.2, 0.25) is 0 Å². The zero-order chi connectivity index (χ0) is 14.3. The van der Waals surface area contributed by atoms with E-state index in [0.29, 0.717) is 0 Å². The van der Waals surface area contributed by atoms with Gasteiger partial charge in [0.05, 0.1) is 7.11 Å². The molecule has 1 rings (SSSR count). The van der Waals surface area contributed by atoms with Crippen molar-refractivity contribution in [2.24, 2.45) is 5.92 Å². The molecule has 0 radical (unpaired) electrons. The van der Waals surface area contributed by atoms with E-state index in [-0.39, 0.29) is 0 Å². The lowest BCUT2D eigenvalue weighted by molar-refractivity contribution is 0.408. The Morgan fingerprint density at radius 1 is 1.26 bits per heavy atom. The second-order valence-corrected chi connectivity index (χ2v) is 6.32. The maximum Gasteiger partial charge on any atom is 0.122 e. The summed E-state index contributed by atoms with van der Waals surface area (Å²) >= 11 is 3.59. The summed E-state index contributed by atoms with van der Waals surface area (Å²) in [5.41, 5.74) is 2.52. The van der Waals surface area contributed by atoms with Gasteiger partial charge in [0.25, 0.3) is 0 Å². The number of rotatable bonds is 8. The monoisotopic (exact) mass is 327 g/mol. The zero-order valence-corrected chi connectivity index (χ0v) is 14.1. The molecule has 0 aromatic heterocycles. The van der Waals surface area contributed by atoms with Crippen molar-refractivity contribution < 1.29 is 4.74 Å². The summed E-state index contributed by atoms with van der Waals surface area (Å²) in [6, 6.07) is 4.30. The highest BCUT2D eigenvalue weighted by Crippen LogP contribution is 2.27. The standard InChI is InChI=1S/C16H26BrNO/c1-12(2)11-18-8-6-5-7-14-10-15(17)13(3)9-16(14)19-4/h9-10,12,18H,5-8,11H2,1-4H3. The van der Waals surface area contributed by atoms with Gasteiger partial charge >= 0.3 is 0 Å². The van der Waals surface area contributed by atoms with Crippen LogP contribution in [0.25, 0.3) is 0 Å². The van der Waals surface area contributed by atoms with E-state index in [1.54, 1.807) is 7.11 Å². The molecular formula is C16H26BrNO. The quantitative estimate of drug-likeness (QED) is 0.717. The first kappa shape index (κ1) is 16.5. The van der Waals surface area contributed by atoms with E-state index in [1.165, 1.54) is 28.4 Å². The van der Waals surface area contributed by atoms with Gasteiger partial charge in [0.1, 0.15) is 5.75 Å². The second-order valence-electron chi connectivity index (χ2n) is 5.47. The third-order valence-electron chi connectivity index (χ3n) is 3.16. The van der Waals surface area contributed by atoms with Crippen LogP contribution in [0.3, 0.4) is 0 Å². The molecule has 3 heteroatoms. The lowest BCUT2D eigenvalue weighted by atomic mass is 10.0. The molecule has 0 bridgehead atoms. The first-order chi connectivity index (χ1) is 9.04. The summed E-state index contributed by atoms with van der Waals surface area (Å²) < 4.78 is 6.62. The Bertz CT molecular complexity index is 391. The first-order valence-electron chi connectivity index (χ1n) is 7.08. The van der Waals surface area contributed by atoms with E-state index >= 15 is 0 Å². The van der Waals surface area contributed by atoms with Gasteiger partial charge in [0.15, 0.2) is 0 Å². The van der Waals surface area contributed by atoms with Gasteiger partial charge < -0.3 is 10.1 Å². The van der Waals surface area contributed by atoms with Crippen molar-refractivity contribution in [3.63, 3.8) is 0 Å². The van der Waals surface area contributed by atoms with E-state index in [0.717, 1.165) is 31.2 Å². The molecule has 108 valence electrons. The van der Waals surface area contributed by atoms with Crippen LogP contribution in [0.2, 0.25) is 0 Å². The van der Waals surface area contributed by atoms with Gasteiger partial charge in [-0.3, -0.25) is 0 Å². The minimum Gasteiger partial charge on any atom is -0.496 e. The Labute approximate surface area is 126 Å². The first-order valence-corrected chi connectivity index (χ1v) is 7.87. The average molecular weight is 328 g/mol. The molecule has 0 saturated heterocycles. The average Bonchev–Trinajstić information content (AvgIpc) is 2.36. The summed E-state index contributed by atoms with van der Waals surface area (Å²) in [7, 11) is 1.75. The second kappa shape index (κ2) is 8.60. The van der Waals surface area contributed by atoms with Crippen molar-refractivity contribution in [1.29, 1.82) is 0 Å². The molecule has 0 fully saturated rings. The van der Waals surface area contributed by atoms with Gasteiger partial charge in [-0.15, -0.1) is 0 Å². The Morgan fingerprint density at radius 3 is 2.63 bits per heavy atom. The molecule has 0 aliphatic carbocycles. The molecule has 0 spiro atoms. The molecule has 1 aromatic carbocycles. The Kier molecular flexibility index (Phi) is 7.47. The molecule has 1 aromatic rings. The van der Waals surface area contributed by atoms with E-state index in [2.05, 4.69) is 54.2 Å². The van der Waals surface area contributed by atoms with E-state index in [9.17, 15) is 0 Å². The fourth-order valence-electron chi connectivity index (χ4n) is 2.04. The van der Waals surface area contributed by atoms with Crippen LogP contribution in [0.1, 0.15) is 37.8 Å². The third-order valence-corrected chi connectivity index (χ3v) is 4.02. The molecule has 0 unspecified atom stereocenters. The molecule has 0 aliphatic rings. The van der Waals surface area contributed by atoms with Crippen LogP contribution in [-0.4, -0.2) is 20.2 Å². The van der Waals surface area contributed by atoms with Crippen molar-refractivity contribution in [3.8, 4) is 5.75 Å². The third kappa shape index (κ3) is 5.96. The van der Waals surface area contributed by atoms with E-state index in [4.69, 9.17) is 4.74 Å². The summed E-state index contributed by atoms with van der Waals surface area (Å²) in [6.45, 7) is 8.78. The number of benzene rings is 1. The fourth-order valence-corrected chi connectivity index (χ4v) is 2.43.